The van der Waals surface area contributed by atoms with Gasteiger partial charge in [-0.2, -0.15) is 4.98 Å². The molecule has 0 amide bonds. The molecule has 1 saturated heterocycles. The van der Waals surface area contributed by atoms with Gasteiger partial charge in [0.25, 0.3) is 0 Å². The molecule has 1 fully saturated rings. The van der Waals surface area contributed by atoms with Crippen LogP contribution >= 0.6 is 0 Å². The largest absolute Gasteiger partial charge is 0.353 e. The van der Waals surface area contributed by atoms with Gasteiger partial charge in [-0.1, -0.05) is 25.1 Å². The zero-order valence-electron chi connectivity index (χ0n) is 15.4. The number of para-hydroxylation sites is 1. The number of benzene rings is 1. The van der Waals surface area contributed by atoms with E-state index >= 15 is 0 Å². The van der Waals surface area contributed by atoms with Crippen molar-refractivity contribution in [3.8, 4) is 0 Å². The quantitative estimate of drug-likeness (QED) is 0.749. The summed E-state index contributed by atoms with van der Waals surface area (Å²) in [5.74, 6) is 2.36. The predicted octanol–water partition coefficient (Wildman–Crippen LogP) is 2.90. The normalized spacial score (nSPS) is 14.3. The Bertz CT molecular complexity index is 876. The molecule has 1 N–H and O–H groups in total. The second kappa shape index (κ2) is 7.99. The standard InChI is InChI=1S/C20H23N7/c1-2-16-6-3-4-7-17(16)24-19-21-11-8-18(25-19)26-12-14-27(15-13-26)20-22-9-5-10-23-20/h3-11H,2,12-15H2,1H3,(H,21,24,25). The van der Waals surface area contributed by atoms with Gasteiger partial charge >= 0.3 is 0 Å². The summed E-state index contributed by atoms with van der Waals surface area (Å²) in [6.07, 6.45) is 6.34. The molecule has 1 aliphatic heterocycles. The third-order valence-electron chi connectivity index (χ3n) is 4.72. The first-order valence-electron chi connectivity index (χ1n) is 9.28. The van der Waals surface area contributed by atoms with Crippen molar-refractivity contribution in [3.05, 3.63) is 60.6 Å². The number of hydrogen-bond donors (Lipinski definition) is 1. The molecule has 7 heteroatoms. The van der Waals surface area contributed by atoms with Crippen molar-refractivity contribution in [1.29, 1.82) is 0 Å². The minimum Gasteiger partial charge on any atom is -0.353 e. The van der Waals surface area contributed by atoms with Gasteiger partial charge in [0.15, 0.2) is 0 Å². The first-order chi connectivity index (χ1) is 13.3. The second-order valence-corrected chi connectivity index (χ2v) is 6.40. The van der Waals surface area contributed by atoms with Crippen LogP contribution in [0.3, 0.4) is 0 Å². The highest BCUT2D eigenvalue weighted by atomic mass is 15.3. The molecule has 0 spiro atoms. The minimum absolute atomic E-state index is 0.627. The van der Waals surface area contributed by atoms with E-state index in [0.29, 0.717) is 5.95 Å². The summed E-state index contributed by atoms with van der Waals surface area (Å²) in [7, 11) is 0. The maximum absolute atomic E-state index is 4.72. The fraction of sp³-hybridized carbons (Fsp3) is 0.300. The average molecular weight is 361 g/mol. The lowest BCUT2D eigenvalue weighted by Crippen LogP contribution is -2.47. The molecule has 0 unspecified atom stereocenters. The van der Waals surface area contributed by atoms with E-state index < -0.39 is 0 Å². The summed E-state index contributed by atoms with van der Waals surface area (Å²) in [6, 6.07) is 12.1. The summed E-state index contributed by atoms with van der Waals surface area (Å²) >= 11 is 0. The topological polar surface area (TPSA) is 70.1 Å². The molecular formula is C20H23N7. The van der Waals surface area contributed by atoms with Crippen molar-refractivity contribution in [2.45, 2.75) is 13.3 Å². The molecule has 0 atom stereocenters. The van der Waals surface area contributed by atoms with Crippen LogP contribution in [0, 0.1) is 0 Å². The Kier molecular flexibility index (Phi) is 5.09. The number of aromatic nitrogens is 4. The van der Waals surface area contributed by atoms with Gasteiger partial charge in [-0.25, -0.2) is 15.0 Å². The highest BCUT2D eigenvalue weighted by Crippen LogP contribution is 2.21. The van der Waals surface area contributed by atoms with Crippen LogP contribution in [0.4, 0.5) is 23.4 Å². The Labute approximate surface area is 159 Å². The van der Waals surface area contributed by atoms with Gasteiger partial charge in [0.2, 0.25) is 11.9 Å². The number of piperazine rings is 1. The SMILES string of the molecule is CCc1ccccc1Nc1nccc(N2CCN(c3ncccn3)CC2)n1. The summed E-state index contributed by atoms with van der Waals surface area (Å²) in [5, 5.41) is 3.36. The Balaban J connectivity index is 1.44. The van der Waals surface area contributed by atoms with Crippen molar-refractivity contribution in [3.63, 3.8) is 0 Å². The lowest BCUT2D eigenvalue weighted by Gasteiger charge is -2.35. The molecule has 138 valence electrons. The summed E-state index contributed by atoms with van der Waals surface area (Å²) < 4.78 is 0. The van der Waals surface area contributed by atoms with E-state index in [4.69, 9.17) is 4.98 Å². The molecule has 1 aliphatic rings. The number of nitrogens with one attached hydrogen (secondary N) is 1. The first-order valence-corrected chi connectivity index (χ1v) is 9.28. The lowest BCUT2D eigenvalue weighted by atomic mass is 10.1. The molecule has 2 aromatic heterocycles. The average Bonchev–Trinajstić information content (AvgIpc) is 2.75. The van der Waals surface area contributed by atoms with Crippen molar-refractivity contribution >= 4 is 23.4 Å². The van der Waals surface area contributed by atoms with Gasteiger partial charge < -0.3 is 15.1 Å². The van der Waals surface area contributed by atoms with Crippen molar-refractivity contribution < 1.29 is 0 Å². The number of nitrogens with zero attached hydrogens (tertiary/aromatic N) is 6. The van der Waals surface area contributed by atoms with Crippen LogP contribution in [0.25, 0.3) is 0 Å². The second-order valence-electron chi connectivity index (χ2n) is 6.40. The monoisotopic (exact) mass is 361 g/mol. The molecule has 0 bridgehead atoms. The van der Waals surface area contributed by atoms with E-state index in [9.17, 15) is 0 Å². The summed E-state index contributed by atoms with van der Waals surface area (Å²) in [5.41, 5.74) is 2.31. The van der Waals surface area contributed by atoms with E-state index in [1.54, 1.807) is 12.4 Å². The zero-order valence-corrected chi connectivity index (χ0v) is 15.4. The molecule has 4 rings (SSSR count). The van der Waals surface area contributed by atoms with Gasteiger partial charge in [-0.15, -0.1) is 0 Å². The molecule has 0 aliphatic carbocycles. The zero-order chi connectivity index (χ0) is 18.5. The Morgan fingerprint density at radius 1 is 0.852 bits per heavy atom. The van der Waals surface area contributed by atoms with Gasteiger partial charge in [0, 0.05) is 50.5 Å². The molecule has 1 aromatic carbocycles. The third-order valence-corrected chi connectivity index (χ3v) is 4.72. The van der Waals surface area contributed by atoms with Gasteiger partial charge in [-0.3, -0.25) is 0 Å². The van der Waals surface area contributed by atoms with Gasteiger partial charge in [-0.05, 0) is 30.2 Å². The highest BCUT2D eigenvalue weighted by Gasteiger charge is 2.20. The molecule has 3 aromatic rings. The van der Waals surface area contributed by atoms with E-state index in [0.717, 1.165) is 50.1 Å². The van der Waals surface area contributed by atoms with Crippen molar-refractivity contribution in [1.82, 2.24) is 19.9 Å². The number of anilines is 4. The van der Waals surface area contributed by atoms with Crippen LogP contribution in [-0.2, 0) is 6.42 Å². The van der Waals surface area contributed by atoms with Crippen molar-refractivity contribution in [2.24, 2.45) is 0 Å². The molecular weight excluding hydrogens is 338 g/mol. The van der Waals surface area contributed by atoms with Gasteiger partial charge in [0.05, 0.1) is 0 Å². The molecule has 0 radical (unpaired) electrons. The van der Waals surface area contributed by atoms with Crippen LogP contribution in [-0.4, -0.2) is 46.1 Å². The van der Waals surface area contributed by atoms with Crippen LogP contribution in [0.2, 0.25) is 0 Å². The maximum Gasteiger partial charge on any atom is 0.229 e. The van der Waals surface area contributed by atoms with E-state index in [2.05, 4.69) is 55.2 Å². The summed E-state index contributed by atoms with van der Waals surface area (Å²) in [4.78, 5) is 22.3. The Hall–Kier alpha value is -3.22. The molecule has 0 saturated carbocycles. The van der Waals surface area contributed by atoms with E-state index in [1.165, 1.54) is 5.56 Å². The van der Waals surface area contributed by atoms with E-state index in [1.807, 2.05) is 24.4 Å². The minimum atomic E-state index is 0.627. The number of aryl methyl sites for hydroxylation is 1. The third kappa shape index (κ3) is 3.97. The Morgan fingerprint density at radius 3 is 2.37 bits per heavy atom. The van der Waals surface area contributed by atoms with Gasteiger partial charge in [0.1, 0.15) is 5.82 Å². The van der Waals surface area contributed by atoms with Crippen LogP contribution in [0.15, 0.2) is 55.0 Å². The maximum atomic E-state index is 4.72. The fourth-order valence-electron chi connectivity index (χ4n) is 3.25. The smallest absolute Gasteiger partial charge is 0.229 e. The van der Waals surface area contributed by atoms with Crippen LogP contribution in [0.1, 0.15) is 12.5 Å². The molecule has 3 heterocycles. The van der Waals surface area contributed by atoms with Crippen LogP contribution < -0.4 is 15.1 Å². The first kappa shape index (κ1) is 17.2. The fourth-order valence-corrected chi connectivity index (χ4v) is 3.25. The highest BCUT2D eigenvalue weighted by molar-refractivity contribution is 5.59. The molecule has 7 nitrogen and oxygen atoms in total. The summed E-state index contributed by atoms with van der Waals surface area (Å²) in [6.45, 7) is 5.64. The van der Waals surface area contributed by atoms with Crippen molar-refractivity contribution in [2.75, 3.05) is 41.3 Å². The van der Waals surface area contributed by atoms with Crippen LogP contribution in [0.5, 0.6) is 0 Å². The van der Waals surface area contributed by atoms with E-state index in [-0.39, 0.29) is 0 Å². The predicted molar refractivity (Wildman–Crippen MR) is 108 cm³/mol. The number of hydrogen-bond acceptors (Lipinski definition) is 7. The lowest BCUT2D eigenvalue weighted by molar-refractivity contribution is 0.634. The number of rotatable bonds is 5. The Morgan fingerprint density at radius 2 is 1.59 bits per heavy atom. The molecule has 27 heavy (non-hydrogen) atoms.